The van der Waals surface area contributed by atoms with Gasteiger partial charge in [0.1, 0.15) is 13.0 Å². The molecule has 3 aromatic rings. The SMILES string of the molecule is CCc1ccnc(CN2CCc3c(cc(CN4C=NN(C)C4)cc3-c3cn(CC)nc3C(F)(F)F)C2=O)c1. The van der Waals surface area contributed by atoms with Gasteiger partial charge >= 0.3 is 6.18 Å². The molecule has 0 bridgehead atoms. The molecule has 0 spiro atoms. The summed E-state index contributed by atoms with van der Waals surface area (Å²) in [4.78, 5) is 21.8. The van der Waals surface area contributed by atoms with E-state index in [0.717, 1.165) is 23.2 Å². The van der Waals surface area contributed by atoms with Crippen molar-refractivity contribution in [3.05, 3.63) is 70.3 Å². The third-order valence-electron chi connectivity index (χ3n) is 6.93. The van der Waals surface area contributed by atoms with Crippen LogP contribution in [0, 0.1) is 0 Å². The Hall–Kier alpha value is -3.89. The van der Waals surface area contributed by atoms with Gasteiger partial charge < -0.3 is 9.80 Å². The van der Waals surface area contributed by atoms with Crippen LogP contribution < -0.4 is 0 Å². The van der Waals surface area contributed by atoms with Gasteiger partial charge in [0.2, 0.25) is 0 Å². The smallest absolute Gasteiger partial charge is 0.338 e. The number of carbonyl (C=O) groups excluding carboxylic acids is 1. The summed E-state index contributed by atoms with van der Waals surface area (Å²) in [7, 11) is 1.84. The molecule has 2 aliphatic rings. The highest BCUT2D eigenvalue weighted by Crippen LogP contribution is 2.40. The molecule has 11 heteroatoms. The summed E-state index contributed by atoms with van der Waals surface area (Å²) in [5.74, 6) is -0.207. The van der Waals surface area contributed by atoms with Gasteiger partial charge in [-0.3, -0.25) is 19.5 Å². The van der Waals surface area contributed by atoms with Crippen LogP contribution in [0.3, 0.4) is 0 Å². The summed E-state index contributed by atoms with van der Waals surface area (Å²) < 4.78 is 43.4. The minimum absolute atomic E-state index is 0.00298. The molecule has 4 heterocycles. The minimum Gasteiger partial charge on any atom is -0.338 e. The van der Waals surface area contributed by atoms with Crippen LogP contribution in [0.2, 0.25) is 0 Å². The van der Waals surface area contributed by atoms with E-state index >= 15 is 0 Å². The summed E-state index contributed by atoms with van der Waals surface area (Å²) in [5, 5.41) is 9.81. The molecule has 0 atom stereocenters. The Bertz CT molecular complexity index is 1380. The molecule has 8 nitrogen and oxygen atoms in total. The van der Waals surface area contributed by atoms with Crippen molar-refractivity contribution in [1.29, 1.82) is 0 Å². The number of amides is 1. The lowest BCUT2D eigenvalue weighted by Gasteiger charge is -2.31. The molecule has 0 unspecified atom stereocenters. The number of hydrogen-bond donors (Lipinski definition) is 0. The van der Waals surface area contributed by atoms with Crippen LogP contribution in [-0.2, 0) is 38.7 Å². The molecule has 0 saturated carbocycles. The minimum atomic E-state index is -4.62. The van der Waals surface area contributed by atoms with Gasteiger partial charge in [0.05, 0.1) is 12.2 Å². The van der Waals surface area contributed by atoms with Crippen molar-refractivity contribution in [2.75, 3.05) is 20.3 Å². The molecule has 200 valence electrons. The number of rotatable bonds is 7. The molecular formula is C27H30F3N7O. The van der Waals surface area contributed by atoms with E-state index in [1.54, 1.807) is 35.4 Å². The quantitative estimate of drug-likeness (QED) is 0.458. The molecule has 0 N–H and O–H groups in total. The van der Waals surface area contributed by atoms with Gasteiger partial charge in [0, 0.05) is 50.2 Å². The zero-order valence-electron chi connectivity index (χ0n) is 21.7. The maximum absolute atomic E-state index is 14.0. The average molecular weight is 526 g/mol. The van der Waals surface area contributed by atoms with Gasteiger partial charge in [0.25, 0.3) is 5.91 Å². The highest BCUT2D eigenvalue weighted by molar-refractivity contribution is 5.99. The number of halogens is 3. The number of aromatic nitrogens is 3. The molecule has 0 radical (unpaired) electrons. The van der Waals surface area contributed by atoms with Crippen molar-refractivity contribution in [3.63, 3.8) is 0 Å². The Labute approximate surface area is 219 Å². The third kappa shape index (κ3) is 5.09. The van der Waals surface area contributed by atoms with Crippen molar-refractivity contribution >= 4 is 12.2 Å². The number of nitrogens with zero attached hydrogens (tertiary/aromatic N) is 7. The number of alkyl halides is 3. The third-order valence-corrected chi connectivity index (χ3v) is 6.93. The van der Waals surface area contributed by atoms with Gasteiger partial charge in [-0.05, 0) is 66.3 Å². The van der Waals surface area contributed by atoms with Crippen molar-refractivity contribution in [1.82, 2.24) is 29.6 Å². The van der Waals surface area contributed by atoms with E-state index in [2.05, 4.69) is 22.1 Å². The van der Waals surface area contributed by atoms with E-state index < -0.39 is 11.9 Å². The topological polar surface area (TPSA) is 69.9 Å². The molecule has 1 amide bonds. The lowest BCUT2D eigenvalue weighted by Crippen LogP contribution is -2.37. The van der Waals surface area contributed by atoms with Crippen molar-refractivity contribution in [2.24, 2.45) is 5.10 Å². The maximum atomic E-state index is 14.0. The standard InChI is InChI=1S/C27H30F3N7O/c1-4-18-6-8-31-20(10-18)14-36-9-7-21-22(24-15-37(5-2)33-25(24)27(28,29)30)11-19(12-23(21)26(36)38)13-35-16-32-34(3)17-35/h6,8,10-12,15-16H,4-5,7,9,13-14,17H2,1-3H3. The zero-order chi connectivity index (χ0) is 27.0. The van der Waals surface area contributed by atoms with Crippen LogP contribution in [0.25, 0.3) is 11.1 Å². The molecule has 0 fully saturated rings. The number of hydrogen-bond acceptors (Lipinski definition) is 6. The fourth-order valence-electron chi connectivity index (χ4n) is 5.04. The number of fused-ring (bicyclic) bond motifs is 1. The number of hydrazone groups is 1. The van der Waals surface area contributed by atoms with Crippen LogP contribution in [0.1, 0.15) is 52.3 Å². The van der Waals surface area contributed by atoms with Crippen molar-refractivity contribution in [3.8, 4) is 11.1 Å². The molecule has 2 aromatic heterocycles. The lowest BCUT2D eigenvalue weighted by molar-refractivity contribution is -0.141. The molecule has 1 aromatic carbocycles. The van der Waals surface area contributed by atoms with Crippen molar-refractivity contribution < 1.29 is 18.0 Å². The number of benzene rings is 1. The van der Waals surface area contributed by atoms with Crippen LogP contribution in [0.15, 0.2) is 41.8 Å². The molecule has 2 aliphatic heterocycles. The second kappa shape index (κ2) is 10.1. The molecule has 38 heavy (non-hydrogen) atoms. The Kier molecular flexibility index (Phi) is 6.85. The van der Waals surface area contributed by atoms with Crippen LogP contribution in [-0.4, -0.2) is 62.1 Å². The fourth-order valence-corrected chi connectivity index (χ4v) is 5.04. The van der Waals surface area contributed by atoms with Crippen LogP contribution in [0.4, 0.5) is 13.2 Å². The maximum Gasteiger partial charge on any atom is 0.435 e. The molecule has 0 saturated heterocycles. The predicted octanol–water partition coefficient (Wildman–Crippen LogP) is 4.39. The normalized spacial score (nSPS) is 15.5. The lowest BCUT2D eigenvalue weighted by atomic mass is 9.88. The number of pyridine rings is 1. The van der Waals surface area contributed by atoms with Crippen molar-refractivity contribution in [2.45, 2.75) is 52.5 Å². The highest BCUT2D eigenvalue weighted by atomic mass is 19.4. The Morgan fingerprint density at radius 3 is 2.50 bits per heavy atom. The summed E-state index contributed by atoms with van der Waals surface area (Å²) in [6.07, 6.45) is 1.54. The van der Waals surface area contributed by atoms with E-state index in [4.69, 9.17) is 0 Å². The summed E-state index contributed by atoms with van der Waals surface area (Å²) >= 11 is 0. The second-order valence-corrected chi connectivity index (χ2v) is 9.68. The van der Waals surface area contributed by atoms with E-state index in [-0.39, 0.29) is 11.5 Å². The van der Waals surface area contributed by atoms with Gasteiger partial charge in [-0.15, -0.1) is 0 Å². The average Bonchev–Trinajstić information content (AvgIpc) is 3.52. The van der Waals surface area contributed by atoms with Crippen LogP contribution >= 0.6 is 0 Å². The second-order valence-electron chi connectivity index (χ2n) is 9.68. The first-order chi connectivity index (χ1) is 18.2. The molecule has 0 aliphatic carbocycles. The number of aryl methyl sites for hydroxylation is 2. The molecular weight excluding hydrogens is 495 g/mol. The van der Waals surface area contributed by atoms with Gasteiger partial charge in [-0.2, -0.15) is 23.4 Å². The zero-order valence-corrected chi connectivity index (χ0v) is 21.7. The van der Waals surface area contributed by atoms with Crippen LogP contribution in [0.5, 0.6) is 0 Å². The summed E-state index contributed by atoms with van der Waals surface area (Å²) in [6.45, 7) is 5.80. The van der Waals surface area contributed by atoms with Gasteiger partial charge in [-0.25, -0.2) is 0 Å². The summed E-state index contributed by atoms with van der Waals surface area (Å²) in [5.41, 5.74) is 3.19. The largest absolute Gasteiger partial charge is 0.435 e. The highest BCUT2D eigenvalue weighted by Gasteiger charge is 2.39. The Morgan fingerprint density at radius 1 is 1.03 bits per heavy atom. The monoisotopic (exact) mass is 525 g/mol. The fraction of sp³-hybridized carbons (Fsp3) is 0.407. The Balaban J connectivity index is 1.57. The summed E-state index contributed by atoms with van der Waals surface area (Å²) in [6, 6.07) is 7.52. The first-order valence-electron chi connectivity index (χ1n) is 12.7. The van der Waals surface area contributed by atoms with E-state index in [1.807, 2.05) is 30.1 Å². The molecule has 5 rings (SSSR count). The van der Waals surface area contributed by atoms with E-state index in [1.165, 1.54) is 10.9 Å². The van der Waals surface area contributed by atoms with Gasteiger partial charge in [0.15, 0.2) is 5.69 Å². The van der Waals surface area contributed by atoms with Gasteiger partial charge in [-0.1, -0.05) is 6.92 Å². The Morgan fingerprint density at radius 2 is 1.82 bits per heavy atom. The first kappa shape index (κ1) is 25.7. The predicted molar refractivity (Wildman–Crippen MR) is 137 cm³/mol. The van der Waals surface area contributed by atoms with E-state index in [0.29, 0.717) is 56.0 Å². The van der Waals surface area contributed by atoms with E-state index in [9.17, 15) is 18.0 Å². The number of carbonyl (C=O) groups is 1. The first-order valence-corrected chi connectivity index (χ1v) is 12.7.